The van der Waals surface area contributed by atoms with Gasteiger partial charge in [0.1, 0.15) is 6.17 Å². The number of nitrogens with one attached hydrogen (secondary N) is 1. The van der Waals surface area contributed by atoms with E-state index in [9.17, 15) is 4.39 Å². The zero-order valence-corrected chi connectivity index (χ0v) is 9.01. The maximum Gasteiger partial charge on any atom is 0.244 e. The Kier molecular flexibility index (Phi) is 2.56. The molecule has 2 aromatic rings. The molecular weight excluding hydrogens is 223 g/mol. The Morgan fingerprint density at radius 3 is 3.12 bits per heavy atom. The molecule has 2 atom stereocenters. The molecule has 3 heterocycles. The third kappa shape index (κ3) is 2.03. The van der Waals surface area contributed by atoms with Crippen molar-refractivity contribution in [3.8, 4) is 11.4 Å². The number of aromatic nitrogens is 3. The van der Waals surface area contributed by atoms with Gasteiger partial charge in [0.15, 0.2) is 0 Å². The minimum absolute atomic E-state index is 0.178. The van der Waals surface area contributed by atoms with E-state index >= 15 is 0 Å². The minimum Gasteiger partial charge on any atom is -0.337 e. The highest BCUT2D eigenvalue weighted by atomic mass is 19.1. The Hall–Kier alpha value is -1.82. The van der Waals surface area contributed by atoms with E-state index in [0.717, 1.165) is 5.56 Å². The van der Waals surface area contributed by atoms with Crippen molar-refractivity contribution in [3.05, 3.63) is 30.4 Å². The van der Waals surface area contributed by atoms with Crippen LogP contribution in [0.4, 0.5) is 4.39 Å². The number of nitrogens with zero attached hydrogens (tertiary/aromatic N) is 3. The second-order valence-electron chi connectivity index (χ2n) is 3.99. The number of halogens is 1. The van der Waals surface area contributed by atoms with Gasteiger partial charge >= 0.3 is 0 Å². The van der Waals surface area contributed by atoms with Crippen molar-refractivity contribution in [1.29, 1.82) is 0 Å². The number of hydrogen-bond donors (Lipinski definition) is 1. The summed E-state index contributed by atoms with van der Waals surface area (Å²) < 4.78 is 18.2. The van der Waals surface area contributed by atoms with E-state index < -0.39 is 6.17 Å². The molecule has 0 bridgehead atoms. The van der Waals surface area contributed by atoms with Crippen molar-refractivity contribution >= 4 is 0 Å². The van der Waals surface area contributed by atoms with Crippen LogP contribution in [0.2, 0.25) is 0 Å². The van der Waals surface area contributed by atoms with E-state index in [2.05, 4.69) is 20.4 Å². The first-order chi connectivity index (χ1) is 8.33. The van der Waals surface area contributed by atoms with Gasteiger partial charge in [-0.1, -0.05) is 5.16 Å². The zero-order valence-electron chi connectivity index (χ0n) is 9.01. The predicted molar refractivity (Wildman–Crippen MR) is 57.8 cm³/mol. The van der Waals surface area contributed by atoms with E-state index in [1.807, 2.05) is 6.07 Å². The van der Waals surface area contributed by atoms with Crippen LogP contribution in [0.25, 0.3) is 11.4 Å². The van der Waals surface area contributed by atoms with Gasteiger partial charge in [-0.05, 0) is 12.1 Å². The third-order valence-corrected chi connectivity index (χ3v) is 2.74. The van der Waals surface area contributed by atoms with Gasteiger partial charge in [-0.15, -0.1) is 0 Å². The molecule has 0 aliphatic carbocycles. The first kappa shape index (κ1) is 10.3. The summed E-state index contributed by atoms with van der Waals surface area (Å²) in [5.41, 5.74) is 0.789. The average Bonchev–Trinajstić information content (AvgIpc) is 2.98. The van der Waals surface area contributed by atoms with Gasteiger partial charge in [-0.2, -0.15) is 4.98 Å². The Balaban J connectivity index is 1.84. The fourth-order valence-electron chi connectivity index (χ4n) is 1.87. The number of pyridine rings is 1. The van der Waals surface area contributed by atoms with E-state index in [4.69, 9.17) is 4.52 Å². The van der Waals surface area contributed by atoms with E-state index in [1.54, 1.807) is 18.5 Å². The van der Waals surface area contributed by atoms with Gasteiger partial charge in [0.2, 0.25) is 11.7 Å². The summed E-state index contributed by atoms with van der Waals surface area (Å²) in [5, 5.41) is 6.87. The fourth-order valence-corrected chi connectivity index (χ4v) is 1.87. The fraction of sp³-hybridized carbons (Fsp3) is 0.364. The van der Waals surface area contributed by atoms with Crippen molar-refractivity contribution in [2.75, 3.05) is 6.54 Å². The van der Waals surface area contributed by atoms with Crippen LogP contribution in [0, 0.1) is 0 Å². The van der Waals surface area contributed by atoms with Gasteiger partial charge in [0.25, 0.3) is 0 Å². The maximum absolute atomic E-state index is 13.0. The molecule has 1 aliphatic rings. The standard InChI is InChI=1S/C11H11FN4O/c12-8-4-9(14-6-8)11-15-10(16-17-11)7-2-1-3-13-5-7/h1-3,5,8-9,14H,4,6H2/t8-,9-/m1/s1. The molecule has 17 heavy (non-hydrogen) atoms. The van der Waals surface area contributed by atoms with Gasteiger partial charge in [0.05, 0.1) is 6.04 Å². The molecule has 3 rings (SSSR count). The molecule has 0 unspecified atom stereocenters. The molecule has 1 N–H and O–H groups in total. The van der Waals surface area contributed by atoms with Crippen LogP contribution in [0.5, 0.6) is 0 Å². The first-order valence-corrected chi connectivity index (χ1v) is 5.44. The quantitative estimate of drug-likeness (QED) is 0.853. The molecule has 0 spiro atoms. The molecule has 1 saturated heterocycles. The van der Waals surface area contributed by atoms with Crippen LogP contribution in [0.3, 0.4) is 0 Å². The molecule has 6 heteroatoms. The SMILES string of the molecule is F[C@H]1CN[C@@H](c2nc(-c3cccnc3)no2)C1. The number of hydrogen-bond acceptors (Lipinski definition) is 5. The summed E-state index contributed by atoms with van der Waals surface area (Å²) in [6, 6.07) is 3.47. The molecule has 0 radical (unpaired) electrons. The molecule has 0 aromatic carbocycles. The lowest BCUT2D eigenvalue weighted by Gasteiger charge is -2.00. The van der Waals surface area contributed by atoms with Crippen molar-refractivity contribution in [3.63, 3.8) is 0 Å². The highest BCUT2D eigenvalue weighted by Crippen LogP contribution is 2.25. The van der Waals surface area contributed by atoms with Crippen LogP contribution in [-0.2, 0) is 0 Å². The van der Waals surface area contributed by atoms with Gasteiger partial charge in [0, 0.05) is 30.9 Å². The second kappa shape index (κ2) is 4.21. The average molecular weight is 234 g/mol. The van der Waals surface area contributed by atoms with E-state index in [1.165, 1.54) is 0 Å². The van der Waals surface area contributed by atoms with Crippen LogP contribution in [-0.4, -0.2) is 27.8 Å². The Morgan fingerprint density at radius 2 is 2.41 bits per heavy atom. The minimum atomic E-state index is -0.839. The molecule has 5 nitrogen and oxygen atoms in total. The molecule has 0 amide bonds. The highest BCUT2D eigenvalue weighted by Gasteiger charge is 2.29. The van der Waals surface area contributed by atoms with Gasteiger partial charge in [-0.25, -0.2) is 4.39 Å². The molecular formula is C11H11FN4O. The lowest BCUT2D eigenvalue weighted by molar-refractivity contribution is 0.324. The largest absolute Gasteiger partial charge is 0.337 e. The highest BCUT2D eigenvalue weighted by molar-refractivity contribution is 5.51. The molecule has 1 aliphatic heterocycles. The topological polar surface area (TPSA) is 63.8 Å². The van der Waals surface area contributed by atoms with Crippen LogP contribution in [0.15, 0.2) is 29.0 Å². The summed E-state index contributed by atoms with van der Waals surface area (Å²) in [4.78, 5) is 8.23. The smallest absolute Gasteiger partial charge is 0.244 e. The van der Waals surface area contributed by atoms with Gasteiger partial charge < -0.3 is 9.84 Å². The zero-order chi connectivity index (χ0) is 11.7. The van der Waals surface area contributed by atoms with Crippen LogP contribution >= 0.6 is 0 Å². The molecule has 0 saturated carbocycles. The molecule has 88 valence electrons. The van der Waals surface area contributed by atoms with Crippen molar-refractivity contribution in [1.82, 2.24) is 20.4 Å². The molecule has 1 fully saturated rings. The van der Waals surface area contributed by atoms with Crippen LogP contribution in [0.1, 0.15) is 18.4 Å². The number of rotatable bonds is 2. The van der Waals surface area contributed by atoms with Crippen molar-refractivity contribution in [2.24, 2.45) is 0 Å². The summed E-state index contributed by atoms with van der Waals surface area (Å²) in [6.45, 7) is 0.343. The normalized spacial score (nSPS) is 24.1. The number of alkyl halides is 1. The third-order valence-electron chi connectivity index (χ3n) is 2.74. The molecule has 2 aromatic heterocycles. The summed E-state index contributed by atoms with van der Waals surface area (Å²) in [5.74, 6) is 0.918. The van der Waals surface area contributed by atoms with Crippen LogP contribution < -0.4 is 5.32 Å². The second-order valence-corrected chi connectivity index (χ2v) is 3.99. The maximum atomic E-state index is 13.0. The van der Waals surface area contributed by atoms with Crippen molar-refractivity contribution < 1.29 is 8.91 Å². The lowest BCUT2D eigenvalue weighted by atomic mass is 10.2. The van der Waals surface area contributed by atoms with Gasteiger partial charge in [-0.3, -0.25) is 4.98 Å². The van der Waals surface area contributed by atoms with E-state index in [0.29, 0.717) is 24.7 Å². The van der Waals surface area contributed by atoms with Crippen molar-refractivity contribution in [2.45, 2.75) is 18.6 Å². The van der Waals surface area contributed by atoms with E-state index in [-0.39, 0.29) is 6.04 Å². The first-order valence-electron chi connectivity index (χ1n) is 5.44. The Labute approximate surface area is 97.1 Å². The summed E-state index contributed by atoms with van der Waals surface area (Å²) >= 11 is 0. The predicted octanol–water partition coefficient (Wildman–Crippen LogP) is 1.50. The Morgan fingerprint density at radius 1 is 1.47 bits per heavy atom. The summed E-state index contributed by atoms with van der Waals surface area (Å²) in [7, 11) is 0. The summed E-state index contributed by atoms with van der Waals surface area (Å²) in [6.07, 6.45) is 2.88. The Bertz CT molecular complexity index is 501. The monoisotopic (exact) mass is 234 g/mol. The lowest BCUT2D eigenvalue weighted by Crippen LogP contribution is -2.14.